The Morgan fingerprint density at radius 3 is 2.44 bits per heavy atom. The molecule has 3 aromatic heterocycles. The van der Waals surface area contributed by atoms with E-state index in [1.165, 1.54) is 22.5 Å². The van der Waals surface area contributed by atoms with Crippen LogP contribution in [-0.2, 0) is 0 Å². The van der Waals surface area contributed by atoms with Crippen molar-refractivity contribution in [1.29, 1.82) is 0 Å². The normalized spacial score (nSPS) is 10.8. The van der Waals surface area contributed by atoms with E-state index in [1.807, 2.05) is 17.5 Å². The summed E-state index contributed by atoms with van der Waals surface area (Å²) in [6.07, 6.45) is 3.56. The largest absolute Gasteiger partial charge is 0.495 e. The first kappa shape index (κ1) is 17.6. The maximum absolute atomic E-state index is 5.56. The number of hydrogen-bond donors (Lipinski definition) is 1. The Morgan fingerprint density at radius 2 is 1.74 bits per heavy atom. The van der Waals surface area contributed by atoms with Gasteiger partial charge in [-0.1, -0.05) is 17.4 Å². The van der Waals surface area contributed by atoms with Crippen molar-refractivity contribution in [2.75, 3.05) is 12.4 Å². The van der Waals surface area contributed by atoms with Crippen molar-refractivity contribution in [3.8, 4) is 26.8 Å². The summed E-state index contributed by atoms with van der Waals surface area (Å²) >= 11 is 3.14. The Labute approximate surface area is 165 Å². The summed E-state index contributed by atoms with van der Waals surface area (Å²) in [5.74, 6) is 0.834. The van der Waals surface area contributed by atoms with E-state index < -0.39 is 0 Å². The summed E-state index contributed by atoms with van der Waals surface area (Å²) in [5, 5.41) is 15.7. The number of anilines is 2. The number of thiophene rings is 1. The monoisotopic (exact) mass is 394 g/mol. The van der Waals surface area contributed by atoms with Gasteiger partial charge in [0.2, 0.25) is 5.13 Å². The molecule has 4 rings (SSSR count). The second-order valence-corrected chi connectivity index (χ2v) is 8.02. The summed E-state index contributed by atoms with van der Waals surface area (Å²) < 4.78 is 5.56. The summed E-state index contributed by atoms with van der Waals surface area (Å²) in [4.78, 5) is 5.15. The van der Waals surface area contributed by atoms with Gasteiger partial charge in [-0.25, -0.2) is 0 Å². The van der Waals surface area contributed by atoms with Crippen molar-refractivity contribution in [2.45, 2.75) is 13.8 Å². The molecular weight excluding hydrogens is 376 g/mol. The third-order valence-corrected chi connectivity index (χ3v) is 5.99. The molecule has 0 aliphatic heterocycles. The zero-order valence-electron chi connectivity index (χ0n) is 15.2. The van der Waals surface area contributed by atoms with Crippen molar-refractivity contribution < 1.29 is 4.74 Å². The second kappa shape index (κ2) is 7.46. The van der Waals surface area contributed by atoms with Gasteiger partial charge in [0.25, 0.3) is 0 Å². The van der Waals surface area contributed by atoms with E-state index in [9.17, 15) is 0 Å². The molecule has 3 heterocycles. The molecule has 0 spiro atoms. The first-order valence-electron chi connectivity index (χ1n) is 8.39. The van der Waals surface area contributed by atoms with Crippen LogP contribution in [0.1, 0.15) is 11.1 Å². The first-order chi connectivity index (χ1) is 13.1. The summed E-state index contributed by atoms with van der Waals surface area (Å²) in [6, 6.07) is 10.3. The number of benzene rings is 1. The fourth-order valence-corrected chi connectivity index (χ4v) is 4.87. The predicted molar refractivity (Wildman–Crippen MR) is 112 cm³/mol. The molecule has 4 aromatic rings. The van der Waals surface area contributed by atoms with Crippen LogP contribution in [0.2, 0.25) is 0 Å². The molecular formula is C20H18N4OS2. The minimum Gasteiger partial charge on any atom is -0.495 e. The maximum atomic E-state index is 5.56. The molecule has 0 aliphatic carbocycles. The lowest BCUT2D eigenvalue weighted by atomic mass is 10.1. The predicted octanol–water partition coefficient (Wildman–Crippen LogP) is 5.70. The van der Waals surface area contributed by atoms with Crippen molar-refractivity contribution in [3.63, 3.8) is 0 Å². The molecule has 0 saturated carbocycles. The van der Waals surface area contributed by atoms with Gasteiger partial charge in [-0.15, -0.1) is 21.5 Å². The Morgan fingerprint density at radius 1 is 1.00 bits per heavy atom. The fourth-order valence-electron chi connectivity index (χ4n) is 2.98. The second-order valence-electron chi connectivity index (χ2n) is 6.16. The number of hydrogen-bond acceptors (Lipinski definition) is 7. The number of pyridine rings is 1. The Hall–Kier alpha value is -2.77. The minimum absolute atomic E-state index is 0.767. The third-order valence-electron chi connectivity index (χ3n) is 4.04. The molecule has 7 heteroatoms. The van der Waals surface area contributed by atoms with Gasteiger partial charge in [0.05, 0.1) is 12.0 Å². The van der Waals surface area contributed by atoms with Crippen LogP contribution in [0, 0.1) is 13.8 Å². The lowest BCUT2D eigenvalue weighted by Crippen LogP contribution is -1.91. The molecule has 27 heavy (non-hydrogen) atoms. The number of nitrogens with zero attached hydrogens (tertiary/aromatic N) is 3. The molecule has 0 aliphatic rings. The van der Waals surface area contributed by atoms with Gasteiger partial charge in [0.15, 0.2) is 5.01 Å². The number of aryl methyl sites for hydroxylation is 2. The van der Waals surface area contributed by atoms with Crippen LogP contribution in [0.5, 0.6) is 5.75 Å². The van der Waals surface area contributed by atoms with Gasteiger partial charge in [-0.05, 0) is 54.8 Å². The highest BCUT2D eigenvalue weighted by molar-refractivity contribution is 7.23. The van der Waals surface area contributed by atoms with E-state index in [4.69, 9.17) is 4.74 Å². The smallest absolute Gasteiger partial charge is 0.210 e. The van der Waals surface area contributed by atoms with Gasteiger partial charge in [-0.2, -0.15) is 0 Å². The molecule has 0 saturated heterocycles. The van der Waals surface area contributed by atoms with Crippen molar-refractivity contribution in [3.05, 3.63) is 59.2 Å². The van der Waals surface area contributed by atoms with Crippen LogP contribution < -0.4 is 10.1 Å². The highest BCUT2D eigenvalue weighted by atomic mass is 32.1. The molecule has 0 radical (unpaired) electrons. The topological polar surface area (TPSA) is 59.9 Å². The van der Waals surface area contributed by atoms with E-state index >= 15 is 0 Å². The van der Waals surface area contributed by atoms with Crippen LogP contribution in [0.25, 0.3) is 21.0 Å². The average Bonchev–Trinajstić information content (AvgIpc) is 3.28. The SMILES string of the molecule is COc1csc(-c2nnc(Nc3cc(C)cc(C)c3)s2)c1-c1ccncc1. The van der Waals surface area contributed by atoms with E-state index in [0.717, 1.165) is 37.6 Å². The summed E-state index contributed by atoms with van der Waals surface area (Å²) in [7, 11) is 1.68. The maximum Gasteiger partial charge on any atom is 0.210 e. The molecule has 0 amide bonds. The lowest BCUT2D eigenvalue weighted by molar-refractivity contribution is 0.418. The Kier molecular flexibility index (Phi) is 4.87. The molecule has 0 bridgehead atoms. The molecule has 0 unspecified atom stereocenters. The number of rotatable bonds is 5. The number of aromatic nitrogens is 3. The molecule has 136 valence electrons. The molecule has 0 atom stereocenters. The summed E-state index contributed by atoms with van der Waals surface area (Å²) in [6.45, 7) is 4.17. The van der Waals surface area contributed by atoms with Crippen LogP contribution in [0.15, 0.2) is 48.1 Å². The van der Waals surface area contributed by atoms with Crippen molar-refractivity contribution in [1.82, 2.24) is 15.2 Å². The molecule has 5 nitrogen and oxygen atoms in total. The highest BCUT2D eigenvalue weighted by Crippen LogP contribution is 2.45. The number of ether oxygens (including phenoxy) is 1. The van der Waals surface area contributed by atoms with E-state index in [1.54, 1.807) is 30.8 Å². The highest BCUT2D eigenvalue weighted by Gasteiger charge is 2.19. The Bertz CT molecular complexity index is 1050. The average molecular weight is 395 g/mol. The Balaban J connectivity index is 1.69. The van der Waals surface area contributed by atoms with Crippen LogP contribution in [0.3, 0.4) is 0 Å². The van der Waals surface area contributed by atoms with Gasteiger partial charge in [0, 0.05) is 29.0 Å². The van der Waals surface area contributed by atoms with Crippen LogP contribution in [-0.4, -0.2) is 22.3 Å². The third kappa shape index (κ3) is 3.70. The fraction of sp³-hybridized carbons (Fsp3) is 0.150. The number of nitrogens with one attached hydrogen (secondary N) is 1. The summed E-state index contributed by atoms with van der Waals surface area (Å²) in [5.41, 5.74) is 5.53. The van der Waals surface area contributed by atoms with E-state index in [2.05, 4.69) is 52.5 Å². The van der Waals surface area contributed by atoms with Crippen LogP contribution >= 0.6 is 22.7 Å². The van der Waals surface area contributed by atoms with Crippen molar-refractivity contribution in [2.24, 2.45) is 0 Å². The van der Waals surface area contributed by atoms with Gasteiger partial charge in [0.1, 0.15) is 5.75 Å². The minimum atomic E-state index is 0.767. The zero-order chi connectivity index (χ0) is 18.8. The standard InChI is InChI=1S/C20H18N4OS2/c1-12-8-13(2)10-15(9-12)22-20-24-23-19(27-20)18-17(16(25-3)11-26-18)14-4-6-21-7-5-14/h4-11H,1-3H3,(H,22,24). The van der Waals surface area contributed by atoms with Crippen LogP contribution in [0.4, 0.5) is 10.8 Å². The van der Waals surface area contributed by atoms with Gasteiger partial charge >= 0.3 is 0 Å². The van der Waals surface area contributed by atoms with E-state index in [-0.39, 0.29) is 0 Å². The van der Waals surface area contributed by atoms with Gasteiger partial charge < -0.3 is 10.1 Å². The van der Waals surface area contributed by atoms with E-state index in [0.29, 0.717) is 0 Å². The van der Waals surface area contributed by atoms with Gasteiger partial charge in [-0.3, -0.25) is 4.98 Å². The first-order valence-corrected chi connectivity index (χ1v) is 10.1. The lowest BCUT2D eigenvalue weighted by Gasteiger charge is -2.05. The molecule has 1 aromatic carbocycles. The quantitative estimate of drug-likeness (QED) is 0.471. The van der Waals surface area contributed by atoms with Crippen molar-refractivity contribution >= 4 is 33.5 Å². The molecule has 1 N–H and O–H groups in total. The number of methoxy groups -OCH3 is 1. The molecule has 0 fully saturated rings. The zero-order valence-corrected chi connectivity index (χ0v) is 16.8.